The second-order valence-electron chi connectivity index (χ2n) is 6.37. The van der Waals surface area contributed by atoms with Crippen LogP contribution < -0.4 is 9.64 Å². The molecule has 0 radical (unpaired) electrons. The van der Waals surface area contributed by atoms with Gasteiger partial charge in [0.25, 0.3) is 0 Å². The summed E-state index contributed by atoms with van der Waals surface area (Å²) < 4.78 is 5.94. The van der Waals surface area contributed by atoms with E-state index in [9.17, 15) is 0 Å². The number of nitrogens with zero attached hydrogens (tertiary/aromatic N) is 4. The lowest BCUT2D eigenvalue weighted by Gasteiger charge is -2.34. The topological polar surface area (TPSA) is 41.5 Å². The van der Waals surface area contributed by atoms with E-state index < -0.39 is 0 Å². The zero-order valence-electron chi connectivity index (χ0n) is 14.7. The van der Waals surface area contributed by atoms with Gasteiger partial charge in [-0.1, -0.05) is 30.3 Å². The van der Waals surface area contributed by atoms with Crippen LogP contribution in [0.2, 0.25) is 0 Å². The highest BCUT2D eigenvalue weighted by Gasteiger charge is 2.18. The van der Waals surface area contributed by atoms with Crippen molar-refractivity contribution in [1.29, 1.82) is 0 Å². The third kappa shape index (κ3) is 4.18. The molecule has 5 nitrogen and oxygen atoms in total. The summed E-state index contributed by atoms with van der Waals surface area (Å²) in [5.41, 5.74) is 1.27. The van der Waals surface area contributed by atoms with E-state index in [1.54, 1.807) is 12.4 Å². The summed E-state index contributed by atoms with van der Waals surface area (Å²) in [6.07, 6.45) is 3.60. The summed E-state index contributed by atoms with van der Waals surface area (Å²) in [6.45, 7) is 4.83. The van der Waals surface area contributed by atoms with Crippen LogP contribution in [0.25, 0.3) is 0 Å². The number of benzene rings is 2. The molecule has 3 aromatic rings. The Morgan fingerprint density at radius 3 is 2.27 bits per heavy atom. The zero-order chi connectivity index (χ0) is 17.6. The van der Waals surface area contributed by atoms with Crippen molar-refractivity contribution in [3.05, 3.63) is 78.6 Å². The van der Waals surface area contributed by atoms with Crippen molar-refractivity contribution in [3.8, 4) is 11.5 Å². The third-order valence-corrected chi connectivity index (χ3v) is 4.49. The van der Waals surface area contributed by atoms with Gasteiger partial charge in [0.1, 0.15) is 11.5 Å². The van der Waals surface area contributed by atoms with E-state index in [0.717, 1.165) is 50.2 Å². The Morgan fingerprint density at radius 1 is 0.769 bits per heavy atom. The van der Waals surface area contributed by atoms with Crippen molar-refractivity contribution in [3.63, 3.8) is 0 Å². The van der Waals surface area contributed by atoms with E-state index in [1.165, 1.54) is 5.56 Å². The first-order chi connectivity index (χ1) is 12.9. The molecule has 132 valence electrons. The second-order valence-corrected chi connectivity index (χ2v) is 6.37. The standard InChI is InChI=1S/C21H22N4O/c1-2-7-19(8-3-1)26-20-9-4-6-18(16-20)17-24-12-14-25(15-13-24)21-22-10-5-11-23-21/h1-11,16H,12-15,17H2. The van der Waals surface area contributed by atoms with Gasteiger partial charge in [0.2, 0.25) is 5.95 Å². The largest absolute Gasteiger partial charge is 0.457 e. The predicted octanol–water partition coefficient (Wildman–Crippen LogP) is 3.59. The fourth-order valence-electron chi connectivity index (χ4n) is 3.15. The Hall–Kier alpha value is -2.92. The highest BCUT2D eigenvalue weighted by atomic mass is 16.5. The van der Waals surface area contributed by atoms with Gasteiger partial charge in [0.05, 0.1) is 0 Å². The van der Waals surface area contributed by atoms with E-state index in [2.05, 4.69) is 38.0 Å². The SMILES string of the molecule is c1ccc(Oc2cccc(CN3CCN(c4ncccn4)CC3)c2)cc1. The molecule has 1 aliphatic rings. The fourth-order valence-corrected chi connectivity index (χ4v) is 3.15. The van der Waals surface area contributed by atoms with Crippen molar-refractivity contribution < 1.29 is 4.74 Å². The predicted molar refractivity (Wildman–Crippen MR) is 102 cm³/mol. The number of anilines is 1. The maximum Gasteiger partial charge on any atom is 0.225 e. The molecule has 5 heteroatoms. The van der Waals surface area contributed by atoms with Crippen LogP contribution in [0, 0.1) is 0 Å². The van der Waals surface area contributed by atoms with Crippen molar-refractivity contribution in [2.45, 2.75) is 6.54 Å². The van der Waals surface area contributed by atoms with Crippen molar-refractivity contribution in [2.75, 3.05) is 31.1 Å². The van der Waals surface area contributed by atoms with Gasteiger partial charge in [-0.05, 0) is 35.9 Å². The number of aromatic nitrogens is 2. The van der Waals surface area contributed by atoms with E-state index in [1.807, 2.05) is 42.5 Å². The van der Waals surface area contributed by atoms with Crippen LogP contribution in [-0.4, -0.2) is 41.0 Å². The molecule has 1 aromatic heterocycles. The lowest BCUT2D eigenvalue weighted by molar-refractivity contribution is 0.248. The van der Waals surface area contributed by atoms with Crippen molar-refractivity contribution in [2.24, 2.45) is 0 Å². The van der Waals surface area contributed by atoms with Gasteiger partial charge in [0, 0.05) is 45.1 Å². The Morgan fingerprint density at radius 2 is 1.50 bits per heavy atom. The summed E-state index contributed by atoms with van der Waals surface area (Å²) in [5, 5.41) is 0. The van der Waals surface area contributed by atoms with Crippen LogP contribution in [0.15, 0.2) is 73.1 Å². The molecule has 1 aliphatic heterocycles. The fraction of sp³-hybridized carbons (Fsp3) is 0.238. The van der Waals surface area contributed by atoms with Gasteiger partial charge >= 0.3 is 0 Å². The van der Waals surface area contributed by atoms with Gasteiger partial charge in [-0.2, -0.15) is 0 Å². The molecule has 26 heavy (non-hydrogen) atoms. The minimum atomic E-state index is 0.824. The molecule has 4 rings (SSSR count). The Kier molecular flexibility index (Phi) is 5.07. The summed E-state index contributed by atoms with van der Waals surface area (Å²) in [4.78, 5) is 13.4. The zero-order valence-corrected chi connectivity index (χ0v) is 14.7. The smallest absolute Gasteiger partial charge is 0.225 e. The molecule has 0 atom stereocenters. The Bertz CT molecular complexity index is 818. The molecule has 0 saturated carbocycles. The lowest BCUT2D eigenvalue weighted by atomic mass is 10.2. The number of rotatable bonds is 5. The van der Waals surface area contributed by atoms with Crippen molar-refractivity contribution >= 4 is 5.95 Å². The molecular formula is C21H22N4O. The minimum Gasteiger partial charge on any atom is -0.457 e. The number of piperazine rings is 1. The minimum absolute atomic E-state index is 0.824. The lowest BCUT2D eigenvalue weighted by Crippen LogP contribution is -2.46. The first kappa shape index (κ1) is 16.5. The first-order valence-corrected chi connectivity index (χ1v) is 8.93. The average Bonchev–Trinajstić information content (AvgIpc) is 2.70. The van der Waals surface area contributed by atoms with Crippen LogP contribution in [0.3, 0.4) is 0 Å². The molecule has 0 N–H and O–H groups in total. The van der Waals surface area contributed by atoms with Gasteiger partial charge in [0.15, 0.2) is 0 Å². The molecule has 0 unspecified atom stereocenters. The normalized spacial score (nSPS) is 15.0. The Labute approximate surface area is 153 Å². The monoisotopic (exact) mass is 346 g/mol. The molecule has 0 amide bonds. The maximum absolute atomic E-state index is 5.94. The van der Waals surface area contributed by atoms with E-state index >= 15 is 0 Å². The summed E-state index contributed by atoms with van der Waals surface area (Å²) >= 11 is 0. The molecule has 1 fully saturated rings. The molecule has 1 saturated heterocycles. The van der Waals surface area contributed by atoms with E-state index in [0.29, 0.717) is 0 Å². The molecule has 0 spiro atoms. The van der Waals surface area contributed by atoms with Crippen LogP contribution in [-0.2, 0) is 6.54 Å². The highest BCUT2D eigenvalue weighted by Crippen LogP contribution is 2.22. The quantitative estimate of drug-likeness (QED) is 0.706. The number of hydrogen-bond acceptors (Lipinski definition) is 5. The summed E-state index contributed by atoms with van der Waals surface area (Å²) in [7, 11) is 0. The molecular weight excluding hydrogens is 324 g/mol. The van der Waals surface area contributed by atoms with Gasteiger partial charge in [-0.25, -0.2) is 9.97 Å². The van der Waals surface area contributed by atoms with Crippen molar-refractivity contribution in [1.82, 2.24) is 14.9 Å². The van der Waals surface area contributed by atoms with Crippen LogP contribution >= 0.6 is 0 Å². The third-order valence-electron chi connectivity index (χ3n) is 4.49. The van der Waals surface area contributed by atoms with E-state index in [-0.39, 0.29) is 0 Å². The summed E-state index contributed by atoms with van der Waals surface area (Å²) in [5.74, 6) is 2.57. The molecule has 0 bridgehead atoms. The number of para-hydroxylation sites is 1. The first-order valence-electron chi connectivity index (χ1n) is 8.93. The molecule has 0 aliphatic carbocycles. The van der Waals surface area contributed by atoms with Crippen LogP contribution in [0.1, 0.15) is 5.56 Å². The van der Waals surface area contributed by atoms with Crippen LogP contribution in [0.5, 0.6) is 11.5 Å². The summed E-state index contributed by atoms with van der Waals surface area (Å²) in [6, 6.07) is 20.1. The molecule has 2 heterocycles. The maximum atomic E-state index is 5.94. The Balaban J connectivity index is 1.34. The van der Waals surface area contributed by atoms with Gasteiger partial charge in [-0.3, -0.25) is 4.90 Å². The highest BCUT2D eigenvalue weighted by molar-refractivity contribution is 5.34. The van der Waals surface area contributed by atoms with E-state index in [4.69, 9.17) is 4.74 Å². The number of ether oxygens (including phenoxy) is 1. The average molecular weight is 346 g/mol. The van der Waals surface area contributed by atoms with Crippen LogP contribution in [0.4, 0.5) is 5.95 Å². The van der Waals surface area contributed by atoms with Gasteiger partial charge in [-0.15, -0.1) is 0 Å². The van der Waals surface area contributed by atoms with Gasteiger partial charge < -0.3 is 9.64 Å². The number of hydrogen-bond donors (Lipinski definition) is 0. The molecule has 2 aromatic carbocycles. The second kappa shape index (κ2) is 7.97.